The molecule has 3 heterocycles. The van der Waals surface area contributed by atoms with E-state index in [1.165, 1.54) is 23.8 Å². The minimum Gasteiger partial charge on any atom is -0.490 e. The highest BCUT2D eigenvalue weighted by Crippen LogP contribution is 2.40. The molecule has 5 atom stereocenters. The number of thioether (sulfide) groups is 1. The highest BCUT2D eigenvalue weighted by atomic mass is 32.2. The second-order valence-corrected chi connectivity index (χ2v) is 13.7. The fraction of sp³-hybridized carbons (Fsp3) is 0.455. The molecule has 0 aliphatic carbocycles. The lowest BCUT2D eigenvalue weighted by Crippen LogP contribution is -2.55. The molecule has 0 bridgehead atoms. The maximum absolute atomic E-state index is 13.8. The van der Waals surface area contributed by atoms with Gasteiger partial charge in [-0.15, -0.1) is 11.8 Å². The molecule has 5 rings (SSSR count). The van der Waals surface area contributed by atoms with Crippen molar-refractivity contribution < 1.29 is 38.6 Å². The number of fused-ring (bicyclic) bond motifs is 1. The quantitative estimate of drug-likeness (QED) is 0.242. The normalized spacial score (nSPS) is 21.4. The number of para-hydroxylation sites is 1. The zero-order chi connectivity index (χ0) is 33.0. The molecule has 0 radical (unpaired) electrons. The first-order chi connectivity index (χ1) is 22.0. The Balaban J connectivity index is 1.32. The number of aliphatic hydroxyl groups is 2. The number of nitrogens with one attached hydrogen (secondary N) is 2. The summed E-state index contributed by atoms with van der Waals surface area (Å²) in [5, 5.41) is 31.7. The van der Waals surface area contributed by atoms with Gasteiger partial charge in [0.25, 0.3) is 5.91 Å². The third-order valence-electron chi connectivity index (χ3n) is 8.49. The number of aromatic nitrogens is 1. The number of aliphatic hydroxyl groups excluding tert-OH is 2. The molecule has 2 aromatic carbocycles. The molecule has 1 fully saturated rings. The number of amides is 3. The Morgan fingerprint density at radius 2 is 1.87 bits per heavy atom. The number of rotatable bonds is 11. The molecule has 3 amide bonds. The van der Waals surface area contributed by atoms with Crippen LogP contribution in [0.2, 0.25) is 0 Å². The average molecular weight is 653 g/mol. The van der Waals surface area contributed by atoms with Gasteiger partial charge in [0.05, 0.1) is 36.8 Å². The number of benzene rings is 2. The molecule has 0 saturated carbocycles. The Bertz CT molecular complexity index is 1550. The van der Waals surface area contributed by atoms with Crippen molar-refractivity contribution in [3.8, 4) is 11.7 Å². The first-order valence-electron chi connectivity index (χ1n) is 15.1. The van der Waals surface area contributed by atoms with Gasteiger partial charge in [0, 0.05) is 16.2 Å². The van der Waals surface area contributed by atoms with E-state index in [-0.39, 0.29) is 37.8 Å². The second-order valence-electron chi connectivity index (χ2n) is 12.1. The van der Waals surface area contributed by atoms with Gasteiger partial charge in [0.2, 0.25) is 11.8 Å². The van der Waals surface area contributed by atoms with Gasteiger partial charge in [-0.2, -0.15) is 0 Å². The first-order valence-corrected chi connectivity index (χ1v) is 16.1. The molecule has 2 aliphatic heterocycles. The van der Waals surface area contributed by atoms with Gasteiger partial charge in [-0.3, -0.25) is 14.4 Å². The molecule has 0 unspecified atom stereocenters. The van der Waals surface area contributed by atoms with Gasteiger partial charge >= 0.3 is 5.95 Å². The molecule has 13 heteroatoms. The molecule has 2 aliphatic rings. The van der Waals surface area contributed by atoms with Crippen LogP contribution in [0.15, 0.2) is 59.1 Å². The van der Waals surface area contributed by atoms with E-state index >= 15 is 0 Å². The van der Waals surface area contributed by atoms with Crippen molar-refractivity contribution >= 4 is 29.5 Å². The summed E-state index contributed by atoms with van der Waals surface area (Å²) in [7, 11) is 1.44. The summed E-state index contributed by atoms with van der Waals surface area (Å²) >= 11 is 1.43. The fourth-order valence-corrected chi connectivity index (χ4v) is 7.09. The largest absolute Gasteiger partial charge is 0.490 e. The van der Waals surface area contributed by atoms with Crippen LogP contribution < -0.4 is 20.1 Å². The smallest absolute Gasteiger partial charge is 0.316 e. The topological polar surface area (TPSA) is 163 Å². The van der Waals surface area contributed by atoms with Gasteiger partial charge < -0.3 is 39.7 Å². The number of methoxy groups -OCH3 is 1. The van der Waals surface area contributed by atoms with Crippen LogP contribution >= 0.6 is 11.8 Å². The molecule has 0 spiro atoms. The van der Waals surface area contributed by atoms with Gasteiger partial charge in [-0.1, -0.05) is 53.7 Å². The van der Waals surface area contributed by atoms with E-state index in [0.717, 1.165) is 5.56 Å². The Morgan fingerprint density at radius 1 is 1.15 bits per heavy atom. The van der Waals surface area contributed by atoms with Crippen LogP contribution in [0.4, 0.5) is 0 Å². The molecule has 246 valence electrons. The van der Waals surface area contributed by atoms with E-state index in [0.29, 0.717) is 22.6 Å². The van der Waals surface area contributed by atoms with Crippen LogP contribution in [0, 0.1) is 12.8 Å². The number of nitrogens with zero attached hydrogens (tertiary/aromatic N) is 2. The Labute approximate surface area is 271 Å². The summed E-state index contributed by atoms with van der Waals surface area (Å²) in [6.07, 6.45) is -2.47. The summed E-state index contributed by atoms with van der Waals surface area (Å²) in [6, 6.07) is 14.9. The maximum atomic E-state index is 13.8. The van der Waals surface area contributed by atoms with Crippen molar-refractivity contribution in [2.24, 2.45) is 5.92 Å². The zero-order valence-electron chi connectivity index (χ0n) is 26.3. The van der Waals surface area contributed by atoms with Crippen molar-refractivity contribution in [2.75, 3.05) is 19.6 Å². The minimum absolute atomic E-state index is 0.0156. The lowest BCUT2D eigenvalue weighted by atomic mass is 9.90. The molecule has 4 N–H and O–H groups in total. The number of carbonyl (C=O) groups excluding carboxylic acids is 3. The molecule has 12 nitrogen and oxygen atoms in total. The monoisotopic (exact) mass is 652 g/mol. The van der Waals surface area contributed by atoms with E-state index in [1.807, 2.05) is 50.2 Å². The summed E-state index contributed by atoms with van der Waals surface area (Å²) in [6.45, 7) is 5.57. The highest BCUT2D eigenvalue weighted by Gasteiger charge is 2.49. The van der Waals surface area contributed by atoms with Gasteiger partial charge in [0.1, 0.15) is 30.6 Å². The number of carbonyl (C=O) groups is 3. The predicted octanol–water partition coefficient (Wildman–Crippen LogP) is 2.51. The van der Waals surface area contributed by atoms with E-state index in [2.05, 4.69) is 15.8 Å². The maximum Gasteiger partial charge on any atom is 0.316 e. The van der Waals surface area contributed by atoms with Crippen molar-refractivity contribution in [3.63, 3.8) is 0 Å². The van der Waals surface area contributed by atoms with Gasteiger partial charge in [-0.05, 0) is 45.2 Å². The standard InChI is InChI=1S/C33H40N4O8S/c1-19-23(32(43-4)45-36-19)16-34-30(41)28-33(2,3)46-18-37(28)31(42)24(38)15-21(14-20-10-6-5-7-11-20)29(40)35-27-22-12-8-9-13-26(22)44-17-25(27)39/h5-13,21,24-25,27-28,38-39H,14-18H2,1-4H3,(H,34,41)(H,35,40)/t21-,24+,25-,27+,28-/m1/s1. The molecular weight excluding hydrogens is 612 g/mol. The lowest BCUT2D eigenvalue weighted by Gasteiger charge is -2.33. The van der Waals surface area contributed by atoms with Crippen molar-refractivity contribution in [2.45, 2.75) is 69.2 Å². The van der Waals surface area contributed by atoms with Crippen LogP contribution in [0.25, 0.3) is 0 Å². The second kappa shape index (κ2) is 14.1. The zero-order valence-corrected chi connectivity index (χ0v) is 27.1. The summed E-state index contributed by atoms with van der Waals surface area (Å²) in [5.74, 6) is -1.31. The summed E-state index contributed by atoms with van der Waals surface area (Å²) in [5.41, 5.74) is 2.66. The summed E-state index contributed by atoms with van der Waals surface area (Å²) in [4.78, 5) is 42.5. The van der Waals surface area contributed by atoms with E-state index in [1.54, 1.807) is 25.1 Å². The SMILES string of the molecule is COc1onc(C)c1CNC(=O)[C@H]1N(C(=O)[C@@H](O)C[C@@H](Cc2ccccc2)C(=O)N[C@H]2c3ccccc3OC[C@H]2O)CSC1(C)C. The number of hydrogen-bond acceptors (Lipinski definition) is 10. The van der Waals surface area contributed by atoms with Gasteiger partial charge in [0.15, 0.2) is 0 Å². The number of ether oxygens (including phenoxy) is 2. The van der Waals surface area contributed by atoms with Crippen molar-refractivity contribution in [1.82, 2.24) is 20.7 Å². The van der Waals surface area contributed by atoms with Crippen LogP contribution in [0.3, 0.4) is 0 Å². The van der Waals surface area contributed by atoms with E-state index < -0.39 is 52.7 Å². The number of hydrogen-bond donors (Lipinski definition) is 4. The highest BCUT2D eigenvalue weighted by molar-refractivity contribution is 8.00. The van der Waals surface area contributed by atoms with Crippen LogP contribution in [-0.2, 0) is 27.3 Å². The predicted molar refractivity (Wildman–Crippen MR) is 170 cm³/mol. The Kier molecular flexibility index (Phi) is 10.2. The van der Waals surface area contributed by atoms with Gasteiger partial charge in [-0.25, -0.2) is 0 Å². The van der Waals surface area contributed by atoms with E-state index in [9.17, 15) is 24.6 Å². The minimum atomic E-state index is -1.56. The van der Waals surface area contributed by atoms with Crippen molar-refractivity contribution in [1.29, 1.82) is 0 Å². The van der Waals surface area contributed by atoms with Crippen LogP contribution in [0.1, 0.15) is 48.7 Å². The first kappa shape index (κ1) is 33.3. The molecule has 1 saturated heterocycles. The van der Waals surface area contributed by atoms with Crippen molar-refractivity contribution in [3.05, 3.63) is 77.0 Å². The Hall–Kier alpha value is -4.07. The molecular formula is C33H40N4O8S. The molecule has 46 heavy (non-hydrogen) atoms. The fourth-order valence-electron chi connectivity index (χ4n) is 5.95. The Morgan fingerprint density at radius 3 is 2.61 bits per heavy atom. The molecule has 1 aromatic heterocycles. The van der Waals surface area contributed by atoms with Crippen LogP contribution in [-0.4, -0.2) is 80.6 Å². The lowest BCUT2D eigenvalue weighted by molar-refractivity contribution is -0.147. The molecule has 3 aromatic rings. The summed E-state index contributed by atoms with van der Waals surface area (Å²) < 4.78 is 15.3. The van der Waals surface area contributed by atoms with Crippen LogP contribution in [0.5, 0.6) is 11.7 Å². The third kappa shape index (κ3) is 7.16. The third-order valence-corrected chi connectivity index (χ3v) is 9.86. The number of aryl methyl sites for hydroxylation is 1. The van der Waals surface area contributed by atoms with E-state index in [4.69, 9.17) is 14.0 Å². The average Bonchev–Trinajstić information content (AvgIpc) is 3.58.